The van der Waals surface area contributed by atoms with Gasteiger partial charge in [0.1, 0.15) is 11.4 Å². The molecule has 0 radical (unpaired) electrons. The SMILES string of the molecule is CC(=O)N1CCC2(CC1)NC(=O)N(Cc1ccc(F)cc1)C2=O. The van der Waals surface area contributed by atoms with Gasteiger partial charge in [0.2, 0.25) is 5.91 Å². The van der Waals surface area contributed by atoms with Crippen molar-refractivity contribution in [1.82, 2.24) is 15.1 Å². The summed E-state index contributed by atoms with van der Waals surface area (Å²) in [5.74, 6) is -0.658. The number of halogens is 1. The van der Waals surface area contributed by atoms with Crippen LogP contribution in [0.1, 0.15) is 25.3 Å². The van der Waals surface area contributed by atoms with Crippen molar-refractivity contribution in [2.24, 2.45) is 0 Å². The Bertz CT molecular complexity index is 651. The molecule has 4 amide bonds. The highest BCUT2D eigenvalue weighted by atomic mass is 19.1. The van der Waals surface area contributed by atoms with Crippen LogP contribution in [0, 0.1) is 5.82 Å². The molecule has 0 aromatic heterocycles. The Morgan fingerprint density at radius 1 is 1.22 bits per heavy atom. The Morgan fingerprint density at radius 3 is 2.39 bits per heavy atom. The van der Waals surface area contributed by atoms with Gasteiger partial charge in [0, 0.05) is 20.0 Å². The summed E-state index contributed by atoms with van der Waals surface area (Å²) in [6.07, 6.45) is 0.828. The zero-order valence-corrected chi connectivity index (χ0v) is 12.8. The van der Waals surface area contributed by atoms with Gasteiger partial charge in [0.25, 0.3) is 5.91 Å². The summed E-state index contributed by atoms with van der Waals surface area (Å²) in [5, 5.41) is 2.79. The van der Waals surface area contributed by atoms with Gasteiger partial charge >= 0.3 is 6.03 Å². The summed E-state index contributed by atoms with van der Waals surface area (Å²) in [5.41, 5.74) is -0.226. The summed E-state index contributed by atoms with van der Waals surface area (Å²) >= 11 is 0. The van der Waals surface area contributed by atoms with Gasteiger partial charge in [-0.05, 0) is 30.5 Å². The molecule has 2 aliphatic heterocycles. The molecule has 1 spiro atoms. The number of carbonyl (C=O) groups excluding carboxylic acids is 3. The van der Waals surface area contributed by atoms with E-state index in [1.807, 2.05) is 0 Å². The number of urea groups is 1. The number of carbonyl (C=O) groups is 3. The van der Waals surface area contributed by atoms with Crippen molar-refractivity contribution in [3.63, 3.8) is 0 Å². The van der Waals surface area contributed by atoms with Crippen LogP contribution in [0.3, 0.4) is 0 Å². The number of rotatable bonds is 2. The molecule has 23 heavy (non-hydrogen) atoms. The Hall–Kier alpha value is -2.44. The maximum Gasteiger partial charge on any atom is 0.325 e. The minimum atomic E-state index is -0.914. The first-order chi connectivity index (χ1) is 10.9. The normalized spacial score (nSPS) is 20.1. The molecule has 0 saturated carbocycles. The van der Waals surface area contributed by atoms with Crippen LogP contribution in [0.25, 0.3) is 0 Å². The smallest absolute Gasteiger partial charge is 0.325 e. The van der Waals surface area contributed by atoms with Crippen LogP contribution in [0.15, 0.2) is 24.3 Å². The first kappa shape index (κ1) is 15.5. The lowest BCUT2D eigenvalue weighted by molar-refractivity contribution is -0.137. The molecule has 2 heterocycles. The number of imide groups is 1. The third-order valence-corrected chi connectivity index (χ3v) is 4.56. The second kappa shape index (κ2) is 5.64. The quantitative estimate of drug-likeness (QED) is 0.834. The van der Waals surface area contributed by atoms with E-state index in [-0.39, 0.29) is 24.2 Å². The zero-order chi connectivity index (χ0) is 16.6. The fourth-order valence-electron chi connectivity index (χ4n) is 3.13. The average Bonchev–Trinajstić information content (AvgIpc) is 2.74. The van der Waals surface area contributed by atoms with Crippen LogP contribution in [-0.4, -0.2) is 46.3 Å². The maximum absolute atomic E-state index is 12.9. The van der Waals surface area contributed by atoms with Crippen molar-refractivity contribution >= 4 is 17.8 Å². The number of likely N-dealkylation sites (tertiary alicyclic amines) is 1. The van der Waals surface area contributed by atoms with E-state index in [1.165, 1.54) is 19.1 Å². The monoisotopic (exact) mass is 319 g/mol. The molecule has 1 N–H and O–H groups in total. The zero-order valence-electron chi connectivity index (χ0n) is 12.8. The molecular formula is C16H18FN3O3. The highest BCUT2D eigenvalue weighted by Gasteiger charge is 2.52. The van der Waals surface area contributed by atoms with E-state index in [1.54, 1.807) is 17.0 Å². The Morgan fingerprint density at radius 2 is 1.83 bits per heavy atom. The minimum Gasteiger partial charge on any atom is -0.343 e. The van der Waals surface area contributed by atoms with Gasteiger partial charge in [-0.15, -0.1) is 0 Å². The molecule has 7 heteroatoms. The predicted molar refractivity (Wildman–Crippen MR) is 79.7 cm³/mol. The number of hydrogen-bond acceptors (Lipinski definition) is 3. The van der Waals surface area contributed by atoms with Crippen LogP contribution in [0.5, 0.6) is 0 Å². The molecule has 6 nitrogen and oxygen atoms in total. The molecular weight excluding hydrogens is 301 g/mol. The highest BCUT2D eigenvalue weighted by Crippen LogP contribution is 2.30. The van der Waals surface area contributed by atoms with E-state index in [0.29, 0.717) is 31.5 Å². The van der Waals surface area contributed by atoms with Gasteiger partial charge in [-0.2, -0.15) is 0 Å². The number of piperidine rings is 1. The molecule has 2 aliphatic rings. The van der Waals surface area contributed by atoms with Crippen molar-refractivity contribution in [3.05, 3.63) is 35.6 Å². The maximum atomic E-state index is 12.9. The second-order valence-electron chi connectivity index (χ2n) is 6.04. The first-order valence-electron chi connectivity index (χ1n) is 7.55. The van der Waals surface area contributed by atoms with Gasteiger partial charge in [0.15, 0.2) is 0 Å². The molecule has 1 aromatic rings. The van der Waals surface area contributed by atoms with E-state index < -0.39 is 11.6 Å². The fraction of sp³-hybridized carbons (Fsp3) is 0.438. The molecule has 0 unspecified atom stereocenters. The van der Waals surface area contributed by atoms with Crippen LogP contribution in [-0.2, 0) is 16.1 Å². The van der Waals surface area contributed by atoms with E-state index in [0.717, 1.165) is 4.90 Å². The summed E-state index contributed by atoms with van der Waals surface area (Å²) in [6.45, 7) is 2.51. The van der Waals surface area contributed by atoms with Crippen molar-refractivity contribution in [3.8, 4) is 0 Å². The number of hydrogen-bond donors (Lipinski definition) is 1. The molecule has 0 atom stereocenters. The van der Waals surface area contributed by atoms with Crippen molar-refractivity contribution in [2.45, 2.75) is 31.8 Å². The number of benzene rings is 1. The number of amides is 4. The van der Waals surface area contributed by atoms with E-state index in [9.17, 15) is 18.8 Å². The van der Waals surface area contributed by atoms with Crippen LogP contribution < -0.4 is 5.32 Å². The third-order valence-electron chi connectivity index (χ3n) is 4.56. The average molecular weight is 319 g/mol. The van der Waals surface area contributed by atoms with Crippen LogP contribution in [0.2, 0.25) is 0 Å². The topological polar surface area (TPSA) is 69.7 Å². The molecule has 122 valence electrons. The minimum absolute atomic E-state index is 0.0280. The van der Waals surface area contributed by atoms with Gasteiger partial charge in [-0.25, -0.2) is 9.18 Å². The number of nitrogens with zero attached hydrogens (tertiary/aromatic N) is 2. The molecule has 3 rings (SSSR count). The van der Waals surface area contributed by atoms with Crippen LogP contribution in [0.4, 0.5) is 9.18 Å². The van der Waals surface area contributed by atoms with E-state index in [4.69, 9.17) is 0 Å². The van der Waals surface area contributed by atoms with Gasteiger partial charge in [-0.1, -0.05) is 12.1 Å². The molecule has 2 saturated heterocycles. The van der Waals surface area contributed by atoms with Crippen molar-refractivity contribution in [1.29, 1.82) is 0 Å². The largest absolute Gasteiger partial charge is 0.343 e. The van der Waals surface area contributed by atoms with Gasteiger partial charge in [0.05, 0.1) is 6.54 Å². The lowest BCUT2D eigenvalue weighted by Gasteiger charge is -2.36. The molecule has 2 fully saturated rings. The second-order valence-corrected chi connectivity index (χ2v) is 6.04. The number of nitrogens with one attached hydrogen (secondary N) is 1. The van der Waals surface area contributed by atoms with Crippen molar-refractivity contribution in [2.75, 3.05) is 13.1 Å². The Balaban J connectivity index is 1.73. The summed E-state index contributed by atoms with van der Waals surface area (Å²) in [4.78, 5) is 39.1. The first-order valence-corrected chi connectivity index (χ1v) is 7.55. The lowest BCUT2D eigenvalue weighted by atomic mass is 9.87. The molecule has 1 aromatic carbocycles. The summed E-state index contributed by atoms with van der Waals surface area (Å²) in [7, 11) is 0. The van der Waals surface area contributed by atoms with E-state index >= 15 is 0 Å². The van der Waals surface area contributed by atoms with E-state index in [2.05, 4.69) is 5.32 Å². The standard InChI is InChI=1S/C16H18FN3O3/c1-11(21)19-8-6-16(7-9-19)14(22)20(15(23)18-16)10-12-2-4-13(17)5-3-12/h2-5H,6-10H2,1H3,(H,18,23). The third kappa shape index (κ3) is 2.78. The molecule has 0 aliphatic carbocycles. The predicted octanol–water partition coefficient (Wildman–Crippen LogP) is 1.26. The summed E-state index contributed by atoms with van der Waals surface area (Å²) < 4.78 is 12.9. The Labute approximate surface area is 133 Å². The molecule has 0 bridgehead atoms. The van der Waals surface area contributed by atoms with Crippen molar-refractivity contribution < 1.29 is 18.8 Å². The summed E-state index contributed by atoms with van der Waals surface area (Å²) in [6, 6.07) is 5.28. The highest BCUT2D eigenvalue weighted by molar-refractivity contribution is 6.07. The van der Waals surface area contributed by atoms with Gasteiger partial charge in [-0.3, -0.25) is 14.5 Å². The lowest BCUT2D eigenvalue weighted by Crippen LogP contribution is -2.55. The van der Waals surface area contributed by atoms with Gasteiger partial charge < -0.3 is 10.2 Å². The Kier molecular flexibility index (Phi) is 3.79. The fourth-order valence-corrected chi connectivity index (χ4v) is 3.13. The van der Waals surface area contributed by atoms with Crippen LogP contribution >= 0.6 is 0 Å².